The summed E-state index contributed by atoms with van der Waals surface area (Å²) in [6, 6.07) is 3.43. The molecule has 2 aromatic rings. The number of nitrogens with one attached hydrogen (secondary N) is 1. The molecule has 0 radical (unpaired) electrons. The summed E-state index contributed by atoms with van der Waals surface area (Å²) >= 11 is 0. The maximum atomic E-state index is 12.9. The van der Waals surface area contributed by atoms with Crippen LogP contribution in [-0.2, 0) is 14.8 Å². The van der Waals surface area contributed by atoms with Crippen molar-refractivity contribution in [2.45, 2.75) is 38.5 Å². The minimum atomic E-state index is -3.18. The number of hydrogen-bond acceptors (Lipinski definition) is 5. The summed E-state index contributed by atoms with van der Waals surface area (Å²) in [5, 5.41) is 3.16. The number of aromatic amines is 1. The predicted octanol–water partition coefficient (Wildman–Crippen LogP) is 0.709. The molecule has 0 unspecified atom stereocenters. The largest absolute Gasteiger partial charge is 0.342 e. The minimum absolute atomic E-state index is 0.0941. The van der Waals surface area contributed by atoms with Crippen LogP contribution in [0.3, 0.4) is 0 Å². The van der Waals surface area contributed by atoms with Crippen LogP contribution >= 0.6 is 0 Å². The Bertz CT molecular complexity index is 1070. The van der Waals surface area contributed by atoms with Crippen LogP contribution < -0.4 is 5.56 Å². The number of hydrogen-bond donors (Lipinski definition) is 1. The third-order valence-electron chi connectivity index (χ3n) is 6.12. The van der Waals surface area contributed by atoms with Gasteiger partial charge >= 0.3 is 0 Å². The van der Waals surface area contributed by atoms with Crippen molar-refractivity contribution in [3.05, 3.63) is 33.9 Å². The zero-order valence-electron chi connectivity index (χ0n) is 16.8. The van der Waals surface area contributed by atoms with E-state index in [1.165, 1.54) is 21.1 Å². The normalized spacial score (nSPS) is 20.4. The Hall–Kier alpha value is -2.20. The molecule has 2 fully saturated rings. The second kappa shape index (κ2) is 7.56. The average Bonchev–Trinajstić information content (AvgIpc) is 3.11. The molecule has 1 N–H and O–H groups in total. The van der Waals surface area contributed by atoms with Crippen molar-refractivity contribution in [1.29, 1.82) is 0 Å². The minimum Gasteiger partial charge on any atom is -0.342 e. The van der Waals surface area contributed by atoms with E-state index in [0.717, 1.165) is 18.5 Å². The summed E-state index contributed by atoms with van der Waals surface area (Å²) in [5.41, 5.74) is 2.18. The number of H-pyrrole nitrogens is 1. The first-order valence-corrected chi connectivity index (χ1v) is 11.9. The second-order valence-corrected chi connectivity index (χ2v) is 10.2. The van der Waals surface area contributed by atoms with E-state index in [1.54, 1.807) is 6.92 Å². The third-order valence-corrected chi connectivity index (χ3v) is 7.42. The van der Waals surface area contributed by atoms with Crippen LogP contribution in [0, 0.1) is 12.8 Å². The molecule has 0 spiro atoms. The fourth-order valence-corrected chi connectivity index (χ4v) is 5.32. The van der Waals surface area contributed by atoms with E-state index in [2.05, 4.69) is 10.1 Å². The number of aromatic nitrogens is 3. The molecule has 2 saturated heterocycles. The van der Waals surface area contributed by atoms with Crippen LogP contribution in [-0.4, -0.2) is 70.6 Å². The van der Waals surface area contributed by atoms with E-state index in [9.17, 15) is 18.0 Å². The van der Waals surface area contributed by atoms with Crippen molar-refractivity contribution in [2.75, 3.05) is 32.4 Å². The zero-order valence-corrected chi connectivity index (χ0v) is 17.6. The van der Waals surface area contributed by atoms with E-state index in [4.69, 9.17) is 0 Å². The molecule has 0 aromatic carbocycles. The Morgan fingerprint density at radius 1 is 1.10 bits per heavy atom. The van der Waals surface area contributed by atoms with E-state index in [0.29, 0.717) is 50.4 Å². The zero-order chi connectivity index (χ0) is 20.8. The Kier molecular flexibility index (Phi) is 5.24. The molecular formula is C19H27N5O4S. The van der Waals surface area contributed by atoms with Crippen LogP contribution in [0.25, 0.3) is 5.65 Å². The fourth-order valence-electron chi connectivity index (χ4n) is 4.44. The van der Waals surface area contributed by atoms with E-state index < -0.39 is 10.0 Å². The Labute approximate surface area is 169 Å². The Balaban J connectivity index is 1.37. The molecule has 4 rings (SSSR count). The number of sulfonamides is 1. The van der Waals surface area contributed by atoms with Gasteiger partial charge in [0.05, 0.1) is 6.26 Å². The molecule has 158 valence electrons. The summed E-state index contributed by atoms with van der Waals surface area (Å²) in [4.78, 5) is 31.3. The number of piperidine rings is 2. The number of likely N-dealkylation sites (tertiary alicyclic amines) is 1. The molecule has 0 atom stereocenters. The molecule has 2 aliphatic rings. The third kappa shape index (κ3) is 4.09. The first kappa shape index (κ1) is 20.1. The molecule has 2 aliphatic heterocycles. The highest BCUT2D eigenvalue weighted by atomic mass is 32.2. The summed E-state index contributed by atoms with van der Waals surface area (Å²) in [5.74, 6) is 0.303. The predicted molar refractivity (Wildman–Crippen MR) is 108 cm³/mol. The number of amides is 1. The van der Waals surface area contributed by atoms with E-state index in [1.807, 2.05) is 11.0 Å². The topological polar surface area (TPSA) is 108 Å². The standard InChI is InChI=1S/C19H27N5O4S/c1-13-11-18(25)24-17(20-13)12-16(21-24)14-3-7-22(8-4-14)19(26)15-5-9-23(10-6-15)29(2,27)28/h11-12,14-15,21H,3-10H2,1-2H3. The smallest absolute Gasteiger partial charge is 0.272 e. The van der Waals surface area contributed by atoms with Crippen LogP contribution in [0.4, 0.5) is 0 Å². The van der Waals surface area contributed by atoms with E-state index >= 15 is 0 Å². The van der Waals surface area contributed by atoms with Crippen molar-refractivity contribution in [1.82, 2.24) is 23.8 Å². The van der Waals surface area contributed by atoms with Gasteiger partial charge in [0.2, 0.25) is 15.9 Å². The Morgan fingerprint density at radius 2 is 1.76 bits per heavy atom. The lowest BCUT2D eigenvalue weighted by molar-refractivity contribution is -0.137. The van der Waals surface area contributed by atoms with Crippen molar-refractivity contribution >= 4 is 21.6 Å². The Morgan fingerprint density at radius 3 is 2.38 bits per heavy atom. The van der Waals surface area contributed by atoms with Gasteiger partial charge in [-0.1, -0.05) is 0 Å². The number of rotatable bonds is 3. The highest BCUT2D eigenvalue weighted by Gasteiger charge is 2.33. The fraction of sp³-hybridized carbons (Fsp3) is 0.632. The lowest BCUT2D eigenvalue weighted by Crippen LogP contribution is -2.46. The molecule has 10 heteroatoms. The maximum absolute atomic E-state index is 12.9. The highest BCUT2D eigenvalue weighted by molar-refractivity contribution is 7.88. The summed E-state index contributed by atoms with van der Waals surface area (Å²) < 4.78 is 26.2. The van der Waals surface area contributed by atoms with Gasteiger partial charge < -0.3 is 4.90 Å². The first-order chi connectivity index (χ1) is 13.7. The second-order valence-electron chi connectivity index (χ2n) is 8.18. The molecule has 0 saturated carbocycles. The van der Waals surface area contributed by atoms with Crippen LogP contribution in [0.1, 0.15) is 43.0 Å². The lowest BCUT2D eigenvalue weighted by atomic mass is 9.91. The SMILES string of the molecule is Cc1cc(=O)n2[nH]c(C3CCN(C(=O)C4CCN(S(C)(=O)=O)CC4)CC3)cc2n1. The van der Waals surface area contributed by atoms with Gasteiger partial charge in [-0.15, -0.1) is 0 Å². The van der Waals surface area contributed by atoms with Gasteiger partial charge in [-0.05, 0) is 32.6 Å². The molecule has 9 nitrogen and oxygen atoms in total. The molecule has 1 amide bonds. The highest BCUT2D eigenvalue weighted by Crippen LogP contribution is 2.29. The van der Waals surface area contributed by atoms with Crippen molar-refractivity contribution in [3.8, 4) is 0 Å². The van der Waals surface area contributed by atoms with Gasteiger partial charge in [0.1, 0.15) is 0 Å². The van der Waals surface area contributed by atoms with Gasteiger partial charge in [0, 0.05) is 61.5 Å². The van der Waals surface area contributed by atoms with Crippen molar-refractivity contribution in [3.63, 3.8) is 0 Å². The van der Waals surface area contributed by atoms with Gasteiger partial charge in [0.15, 0.2) is 5.65 Å². The van der Waals surface area contributed by atoms with E-state index in [-0.39, 0.29) is 23.3 Å². The van der Waals surface area contributed by atoms with Gasteiger partial charge in [-0.2, -0.15) is 0 Å². The number of nitrogens with zero attached hydrogens (tertiary/aromatic N) is 4. The number of carbonyl (C=O) groups excluding carboxylic acids is 1. The number of aryl methyl sites for hydroxylation is 1. The van der Waals surface area contributed by atoms with Gasteiger partial charge in [-0.25, -0.2) is 22.2 Å². The maximum Gasteiger partial charge on any atom is 0.272 e. The molecule has 4 heterocycles. The quantitative estimate of drug-likeness (QED) is 0.785. The van der Waals surface area contributed by atoms with Gasteiger partial charge in [-0.3, -0.25) is 14.7 Å². The van der Waals surface area contributed by atoms with Crippen molar-refractivity contribution < 1.29 is 13.2 Å². The van der Waals surface area contributed by atoms with Crippen molar-refractivity contribution in [2.24, 2.45) is 5.92 Å². The molecule has 29 heavy (non-hydrogen) atoms. The van der Waals surface area contributed by atoms with Crippen LogP contribution in [0.5, 0.6) is 0 Å². The summed E-state index contributed by atoms with van der Waals surface area (Å²) in [6.45, 7) is 3.99. The lowest BCUT2D eigenvalue weighted by Gasteiger charge is -2.36. The molecule has 2 aromatic heterocycles. The van der Waals surface area contributed by atoms with Gasteiger partial charge in [0.25, 0.3) is 5.56 Å². The molecule has 0 bridgehead atoms. The van der Waals surface area contributed by atoms with Crippen LogP contribution in [0.15, 0.2) is 16.9 Å². The monoisotopic (exact) mass is 421 g/mol. The average molecular weight is 422 g/mol. The number of fused-ring (bicyclic) bond motifs is 1. The molecular weight excluding hydrogens is 394 g/mol. The van der Waals surface area contributed by atoms with Crippen LogP contribution in [0.2, 0.25) is 0 Å². The molecule has 0 aliphatic carbocycles. The summed E-state index contributed by atoms with van der Waals surface area (Å²) in [6.07, 6.45) is 4.04. The summed E-state index contributed by atoms with van der Waals surface area (Å²) in [7, 11) is -3.18. The first-order valence-electron chi connectivity index (χ1n) is 10.1. The number of carbonyl (C=O) groups is 1.